The van der Waals surface area contributed by atoms with Gasteiger partial charge in [-0.1, -0.05) is 0 Å². The Morgan fingerprint density at radius 2 is 2.24 bits per heavy atom. The average molecular weight is 327 g/mol. The second-order valence-electron chi connectivity index (χ2n) is 3.40. The number of nitrogens with zero attached hydrogens (tertiary/aromatic N) is 1. The van der Waals surface area contributed by atoms with Crippen LogP contribution in [0.1, 0.15) is 6.92 Å². The third-order valence-corrected chi connectivity index (χ3v) is 3.98. The van der Waals surface area contributed by atoms with Gasteiger partial charge in [0.15, 0.2) is 0 Å². The number of methoxy groups -OCH3 is 1. The highest BCUT2D eigenvalue weighted by molar-refractivity contribution is 9.10. The van der Waals surface area contributed by atoms with E-state index in [0.717, 1.165) is 6.07 Å². The molecule has 0 aliphatic carbocycles. The van der Waals surface area contributed by atoms with Crippen molar-refractivity contribution in [2.75, 3.05) is 17.6 Å². The summed E-state index contributed by atoms with van der Waals surface area (Å²) in [7, 11) is -2.12. The summed E-state index contributed by atoms with van der Waals surface area (Å²) in [6, 6.07) is 2.36. The second-order valence-corrected chi connectivity index (χ2v) is 5.92. The molecule has 1 aromatic rings. The Bertz CT molecular complexity index is 495. The van der Waals surface area contributed by atoms with Crippen LogP contribution in [0.5, 0.6) is 0 Å². The first-order chi connectivity index (χ1) is 7.84. The fourth-order valence-corrected chi connectivity index (χ4v) is 2.94. The summed E-state index contributed by atoms with van der Waals surface area (Å²) in [6.07, 6.45) is -0.431. The molecule has 1 unspecified atom stereocenters. The van der Waals surface area contributed by atoms with Gasteiger partial charge >= 0.3 is 0 Å². The van der Waals surface area contributed by atoms with E-state index in [0.29, 0.717) is 0 Å². The minimum absolute atomic E-state index is 0.103. The number of nitrogens with one attached hydrogen (secondary N) is 1. The highest BCUT2D eigenvalue weighted by Gasteiger charge is 2.17. The van der Waals surface area contributed by atoms with Gasteiger partial charge in [0.1, 0.15) is 4.60 Å². The zero-order valence-corrected chi connectivity index (χ0v) is 11.7. The topological polar surface area (TPSA) is 68.3 Å². The average Bonchev–Trinajstić information content (AvgIpc) is 2.21. The normalized spacial score (nSPS) is 13.4. The largest absolute Gasteiger partial charge is 0.381 e. The van der Waals surface area contributed by atoms with Crippen LogP contribution in [0.4, 0.5) is 10.1 Å². The molecular weight excluding hydrogens is 315 g/mol. The predicted molar refractivity (Wildman–Crippen MR) is 65.8 cm³/mol. The van der Waals surface area contributed by atoms with Gasteiger partial charge in [-0.05, 0) is 35.0 Å². The van der Waals surface area contributed by atoms with Crippen molar-refractivity contribution in [3.63, 3.8) is 0 Å². The lowest BCUT2D eigenvalue weighted by Gasteiger charge is -2.12. The van der Waals surface area contributed by atoms with Gasteiger partial charge in [0.25, 0.3) is 0 Å². The van der Waals surface area contributed by atoms with Gasteiger partial charge in [-0.3, -0.25) is 4.72 Å². The van der Waals surface area contributed by atoms with E-state index in [1.54, 1.807) is 6.92 Å². The number of hydrogen-bond donors (Lipinski definition) is 1. The van der Waals surface area contributed by atoms with Crippen molar-refractivity contribution in [1.29, 1.82) is 0 Å². The summed E-state index contributed by atoms with van der Waals surface area (Å²) in [5, 5.41) is 0. The van der Waals surface area contributed by atoms with Crippen molar-refractivity contribution < 1.29 is 17.5 Å². The van der Waals surface area contributed by atoms with Crippen molar-refractivity contribution >= 4 is 31.6 Å². The highest BCUT2D eigenvalue weighted by atomic mass is 79.9. The van der Waals surface area contributed by atoms with Crippen molar-refractivity contribution in [3.05, 3.63) is 22.7 Å². The summed E-state index contributed by atoms with van der Waals surface area (Å²) >= 11 is 2.97. The van der Waals surface area contributed by atoms with Gasteiger partial charge in [-0.2, -0.15) is 4.39 Å². The van der Waals surface area contributed by atoms with Crippen LogP contribution >= 0.6 is 15.9 Å². The zero-order valence-electron chi connectivity index (χ0n) is 9.28. The predicted octanol–water partition coefficient (Wildman–Crippen LogP) is 1.76. The summed E-state index contributed by atoms with van der Waals surface area (Å²) in [4.78, 5) is 3.45. The molecule has 0 spiro atoms. The molecule has 17 heavy (non-hydrogen) atoms. The number of halogens is 2. The Kier molecular flexibility index (Phi) is 4.84. The number of anilines is 1. The van der Waals surface area contributed by atoms with Crippen LogP contribution in [-0.4, -0.2) is 32.4 Å². The van der Waals surface area contributed by atoms with Crippen molar-refractivity contribution in [2.24, 2.45) is 0 Å². The maximum absolute atomic E-state index is 12.7. The van der Waals surface area contributed by atoms with Crippen molar-refractivity contribution in [3.8, 4) is 0 Å². The van der Waals surface area contributed by atoms with E-state index in [-0.39, 0.29) is 16.0 Å². The molecule has 0 fully saturated rings. The van der Waals surface area contributed by atoms with E-state index in [2.05, 4.69) is 25.6 Å². The summed E-state index contributed by atoms with van der Waals surface area (Å²) in [6.45, 7) is 1.64. The first-order valence-corrected chi connectivity index (χ1v) is 7.14. The molecule has 0 aliphatic heterocycles. The minimum atomic E-state index is -3.55. The van der Waals surface area contributed by atoms with Gasteiger partial charge in [-0.25, -0.2) is 13.4 Å². The number of rotatable bonds is 5. The van der Waals surface area contributed by atoms with E-state index in [1.807, 2.05) is 0 Å². The van der Waals surface area contributed by atoms with E-state index >= 15 is 0 Å². The lowest BCUT2D eigenvalue weighted by atomic mass is 10.4. The Morgan fingerprint density at radius 1 is 1.59 bits per heavy atom. The van der Waals surface area contributed by atoms with Gasteiger partial charge in [0, 0.05) is 7.11 Å². The minimum Gasteiger partial charge on any atom is -0.381 e. The standard InChI is InChI=1S/C9H12BrFN2O3S/c1-6(16-2)5-17(14,15)13-7-3-4-8(11)12-9(7)10/h3-4,6,13H,5H2,1-2H3. The third kappa shape index (κ3) is 4.57. The lowest BCUT2D eigenvalue weighted by Crippen LogP contribution is -2.25. The molecule has 0 saturated carbocycles. The molecule has 1 heterocycles. The summed E-state index contributed by atoms with van der Waals surface area (Å²) in [5.74, 6) is -0.877. The van der Waals surface area contributed by atoms with E-state index < -0.39 is 22.1 Å². The fourth-order valence-electron chi connectivity index (χ4n) is 1.07. The quantitative estimate of drug-likeness (QED) is 0.837. The Balaban J connectivity index is 2.83. The van der Waals surface area contributed by atoms with Crippen LogP contribution in [0, 0.1) is 5.95 Å². The molecule has 0 aliphatic rings. The Labute approximate surface area is 108 Å². The van der Waals surface area contributed by atoms with Crippen LogP contribution in [-0.2, 0) is 14.8 Å². The SMILES string of the molecule is COC(C)CS(=O)(=O)Nc1ccc(F)nc1Br. The maximum Gasteiger partial charge on any atom is 0.235 e. The van der Waals surface area contributed by atoms with Crippen molar-refractivity contribution in [2.45, 2.75) is 13.0 Å². The molecule has 1 atom stereocenters. The molecule has 5 nitrogen and oxygen atoms in total. The van der Waals surface area contributed by atoms with Crippen LogP contribution in [0.3, 0.4) is 0 Å². The zero-order chi connectivity index (χ0) is 13.1. The maximum atomic E-state index is 12.7. The molecular formula is C9H12BrFN2O3S. The molecule has 1 N–H and O–H groups in total. The van der Waals surface area contributed by atoms with Gasteiger partial charge in [-0.15, -0.1) is 0 Å². The van der Waals surface area contributed by atoms with E-state index in [4.69, 9.17) is 4.74 Å². The van der Waals surface area contributed by atoms with E-state index in [9.17, 15) is 12.8 Å². The van der Waals surface area contributed by atoms with Gasteiger partial charge in [0.2, 0.25) is 16.0 Å². The number of hydrogen-bond acceptors (Lipinski definition) is 4. The number of ether oxygens (including phenoxy) is 1. The van der Waals surface area contributed by atoms with Crippen LogP contribution in [0.2, 0.25) is 0 Å². The molecule has 1 rings (SSSR count). The van der Waals surface area contributed by atoms with Crippen LogP contribution in [0.15, 0.2) is 16.7 Å². The second kappa shape index (κ2) is 5.74. The first kappa shape index (κ1) is 14.3. The molecule has 0 bridgehead atoms. The fraction of sp³-hybridized carbons (Fsp3) is 0.444. The molecule has 0 radical (unpaired) electrons. The van der Waals surface area contributed by atoms with Crippen molar-refractivity contribution in [1.82, 2.24) is 4.98 Å². The molecule has 0 saturated heterocycles. The highest BCUT2D eigenvalue weighted by Crippen LogP contribution is 2.21. The molecule has 8 heteroatoms. The van der Waals surface area contributed by atoms with Crippen LogP contribution in [0.25, 0.3) is 0 Å². The lowest BCUT2D eigenvalue weighted by molar-refractivity contribution is 0.136. The first-order valence-electron chi connectivity index (χ1n) is 4.69. The third-order valence-electron chi connectivity index (χ3n) is 1.94. The number of aromatic nitrogens is 1. The molecule has 96 valence electrons. The van der Waals surface area contributed by atoms with E-state index in [1.165, 1.54) is 13.2 Å². The Morgan fingerprint density at radius 3 is 2.76 bits per heavy atom. The molecule has 0 aromatic carbocycles. The number of sulfonamides is 1. The smallest absolute Gasteiger partial charge is 0.235 e. The Hall–Kier alpha value is -0.730. The number of pyridine rings is 1. The molecule has 0 amide bonds. The van der Waals surface area contributed by atoms with Crippen LogP contribution < -0.4 is 4.72 Å². The summed E-state index contributed by atoms with van der Waals surface area (Å²) in [5.41, 5.74) is 0.190. The molecule has 1 aromatic heterocycles. The summed E-state index contributed by atoms with van der Waals surface area (Å²) < 4.78 is 43.3. The van der Waals surface area contributed by atoms with Gasteiger partial charge in [0.05, 0.1) is 17.5 Å². The van der Waals surface area contributed by atoms with Gasteiger partial charge < -0.3 is 4.74 Å². The monoisotopic (exact) mass is 326 g/mol.